The molecular weight excluding hydrogens is 279 g/mol. The second kappa shape index (κ2) is 6.84. The lowest BCUT2D eigenvalue weighted by Gasteiger charge is -2.50. The summed E-state index contributed by atoms with van der Waals surface area (Å²) >= 11 is 0. The van der Waals surface area contributed by atoms with E-state index in [4.69, 9.17) is 5.73 Å². The summed E-state index contributed by atoms with van der Waals surface area (Å²) in [6.45, 7) is 6.54. The molecule has 2 N–H and O–H groups in total. The molecule has 3 nitrogen and oxygen atoms in total. The van der Waals surface area contributed by atoms with Crippen LogP contribution in [0.15, 0.2) is 0 Å². The minimum absolute atomic E-state index is 0.169. The quantitative estimate of drug-likeness (QED) is 0.847. The van der Waals surface area contributed by atoms with Crippen molar-refractivity contribution in [3.05, 3.63) is 0 Å². The topological polar surface area (TPSA) is 32.5 Å². The Bertz CT molecular complexity index is 335. The molecule has 0 saturated carbocycles. The lowest BCUT2D eigenvalue weighted by molar-refractivity contribution is -0.137. The Balaban J connectivity index is 1.89. The van der Waals surface area contributed by atoms with E-state index in [9.17, 15) is 13.2 Å². The Labute approximate surface area is 125 Å². The first-order valence-electron chi connectivity index (χ1n) is 8.10. The number of nitrogens with zero attached hydrogens (tertiary/aromatic N) is 2. The summed E-state index contributed by atoms with van der Waals surface area (Å²) in [5.41, 5.74) is 5.62. The van der Waals surface area contributed by atoms with Crippen molar-refractivity contribution < 1.29 is 13.2 Å². The molecule has 2 saturated heterocycles. The highest BCUT2D eigenvalue weighted by atomic mass is 19.4. The summed E-state index contributed by atoms with van der Waals surface area (Å²) in [4.78, 5) is 4.88. The molecular formula is C15H28F3N3. The molecule has 0 bridgehead atoms. The predicted molar refractivity (Wildman–Crippen MR) is 78.2 cm³/mol. The second-order valence-electron chi connectivity index (χ2n) is 6.80. The molecule has 0 spiro atoms. The van der Waals surface area contributed by atoms with Gasteiger partial charge in [0.1, 0.15) is 0 Å². The molecule has 2 unspecified atom stereocenters. The lowest BCUT2D eigenvalue weighted by Crippen LogP contribution is -2.62. The van der Waals surface area contributed by atoms with E-state index >= 15 is 0 Å². The van der Waals surface area contributed by atoms with Crippen LogP contribution in [0.5, 0.6) is 0 Å². The molecule has 21 heavy (non-hydrogen) atoms. The van der Waals surface area contributed by atoms with Gasteiger partial charge in [-0.2, -0.15) is 13.2 Å². The molecule has 0 radical (unpaired) electrons. The van der Waals surface area contributed by atoms with Crippen LogP contribution in [0.25, 0.3) is 0 Å². The second-order valence-corrected chi connectivity index (χ2v) is 6.80. The number of halogens is 3. The van der Waals surface area contributed by atoms with Crippen molar-refractivity contribution in [3.63, 3.8) is 0 Å². The van der Waals surface area contributed by atoms with Crippen molar-refractivity contribution >= 4 is 0 Å². The van der Waals surface area contributed by atoms with E-state index in [0.29, 0.717) is 19.0 Å². The van der Waals surface area contributed by atoms with Crippen molar-refractivity contribution in [1.29, 1.82) is 0 Å². The number of nitrogens with two attached hydrogens (primary N) is 1. The fourth-order valence-electron chi connectivity index (χ4n) is 3.71. The highest BCUT2D eigenvalue weighted by Gasteiger charge is 2.38. The van der Waals surface area contributed by atoms with Crippen molar-refractivity contribution in [3.8, 4) is 0 Å². The molecule has 0 aromatic carbocycles. The number of piperazine rings is 1. The maximum Gasteiger partial charge on any atom is 0.389 e. The number of alkyl halides is 3. The van der Waals surface area contributed by atoms with E-state index in [-0.39, 0.29) is 12.0 Å². The van der Waals surface area contributed by atoms with Gasteiger partial charge in [-0.1, -0.05) is 6.42 Å². The van der Waals surface area contributed by atoms with E-state index < -0.39 is 12.6 Å². The molecule has 2 aliphatic rings. The van der Waals surface area contributed by atoms with Crippen LogP contribution in [-0.2, 0) is 0 Å². The van der Waals surface area contributed by atoms with Crippen LogP contribution in [0.4, 0.5) is 13.2 Å². The highest BCUT2D eigenvalue weighted by Crippen LogP contribution is 2.30. The Morgan fingerprint density at radius 2 is 1.86 bits per heavy atom. The molecule has 0 aromatic heterocycles. The SMILES string of the molecule is CC(CN)(CCCC(F)(F)F)N1CCN2CCCCC2C1. The monoisotopic (exact) mass is 307 g/mol. The number of hydrogen-bond donors (Lipinski definition) is 1. The van der Waals surface area contributed by atoms with Crippen molar-refractivity contribution in [2.45, 2.75) is 63.2 Å². The van der Waals surface area contributed by atoms with E-state index in [1.165, 1.54) is 25.8 Å². The van der Waals surface area contributed by atoms with Gasteiger partial charge < -0.3 is 5.73 Å². The smallest absolute Gasteiger partial charge is 0.329 e. The van der Waals surface area contributed by atoms with Gasteiger partial charge in [0.05, 0.1) is 0 Å². The van der Waals surface area contributed by atoms with Gasteiger partial charge in [-0.3, -0.25) is 9.80 Å². The average Bonchev–Trinajstić information content (AvgIpc) is 2.45. The fraction of sp³-hybridized carbons (Fsp3) is 1.00. The third-order valence-electron chi connectivity index (χ3n) is 5.22. The van der Waals surface area contributed by atoms with Gasteiger partial charge in [0.25, 0.3) is 0 Å². The summed E-state index contributed by atoms with van der Waals surface area (Å²) < 4.78 is 37.0. The number of piperidine rings is 1. The molecule has 0 aromatic rings. The summed E-state index contributed by atoms with van der Waals surface area (Å²) in [7, 11) is 0. The van der Waals surface area contributed by atoms with Crippen molar-refractivity contribution in [2.24, 2.45) is 5.73 Å². The van der Waals surface area contributed by atoms with Crippen LogP contribution in [-0.4, -0.2) is 60.3 Å². The van der Waals surface area contributed by atoms with Gasteiger partial charge in [0.2, 0.25) is 0 Å². The first kappa shape index (κ1) is 17.0. The van der Waals surface area contributed by atoms with Gasteiger partial charge in [0, 0.05) is 44.2 Å². The molecule has 124 valence electrons. The molecule has 2 fully saturated rings. The first-order chi connectivity index (χ1) is 9.84. The Morgan fingerprint density at radius 1 is 1.10 bits per heavy atom. The lowest BCUT2D eigenvalue weighted by atomic mass is 9.89. The minimum Gasteiger partial charge on any atom is -0.329 e. The Hall–Kier alpha value is -0.330. The first-order valence-corrected chi connectivity index (χ1v) is 8.10. The molecule has 0 amide bonds. The van der Waals surface area contributed by atoms with E-state index in [1.54, 1.807) is 0 Å². The zero-order valence-corrected chi connectivity index (χ0v) is 13.0. The summed E-state index contributed by atoms with van der Waals surface area (Å²) in [6.07, 6.45) is -0.320. The van der Waals surface area contributed by atoms with Crippen LogP contribution < -0.4 is 5.73 Å². The maximum atomic E-state index is 12.3. The Kier molecular flexibility index (Phi) is 5.54. The van der Waals surface area contributed by atoms with Crippen molar-refractivity contribution in [1.82, 2.24) is 9.80 Å². The fourth-order valence-corrected chi connectivity index (χ4v) is 3.71. The van der Waals surface area contributed by atoms with Gasteiger partial charge in [-0.15, -0.1) is 0 Å². The highest BCUT2D eigenvalue weighted by molar-refractivity contribution is 4.94. The summed E-state index contributed by atoms with van der Waals surface area (Å²) in [5.74, 6) is 0. The number of rotatable bonds is 5. The van der Waals surface area contributed by atoms with Crippen LogP contribution in [0.1, 0.15) is 45.4 Å². The van der Waals surface area contributed by atoms with Gasteiger partial charge in [-0.25, -0.2) is 0 Å². The third kappa shape index (κ3) is 4.57. The average molecular weight is 307 g/mol. The largest absolute Gasteiger partial charge is 0.389 e. The van der Waals surface area contributed by atoms with Gasteiger partial charge in [-0.05, 0) is 39.2 Å². The third-order valence-corrected chi connectivity index (χ3v) is 5.22. The molecule has 2 heterocycles. The van der Waals surface area contributed by atoms with Crippen LogP contribution in [0, 0.1) is 0 Å². The zero-order valence-electron chi connectivity index (χ0n) is 13.0. The summed E-state index contributed by atoms with van der Waals surface area (Å²) in [5, 5.41) is 0. The Morgan fingerprint density at radius 3 is 2.52 bits per heavy atom. The molecule has 2 rings (SSSR count). The molecule has 2 aliphatic heterocycles. The normalized spacial score (nSPS) is 28.1. The van der Waals surface area contributed by atoms with Crippen LogP contribution in [0.2, 0.25) is 0 Å². The number of fused-ring (bicyclic) bond motifs is 1. The van der Waals surface area contributed by atoms with Crippen LogP contribution >= 0.6 is 0 Å². The predicted octanol–water partition coefficient (Wildman–Crippen LogP) is 2.61. The van der Waals surface area contributed by atoms with E-state index in [1.807, 2.05) is 6.92 Å². The molecule has 0 aliphatic carbocycles. The van der Waals surface area contributed by atoms with Gasteiger partial charge in [0.15, 0.2) is 0 Å². The van der Waals surface area contributed by atoms with E-state index in [2.05, 4.69) is 9.80 Å². The minimum atomic E-state index is -4.06. The van der Waals surface area contributed by atoms with Gasteiger partial charge >= 0.3 is 6.18 Å². The molecule has 2 atom stereocenters. The maximum absolute atomic E-state index is 12.3. The van der Waals surface area contributed by atoms with Crippen LogP contribution in [0.3, 0.4) is 0 Å². The number of hydrogen-bond acceptors (Lipinski definition) is 3. The summed E-state index contributed by atoms with van der Waals surface area (Å²) in [6, 6.07) is 0.570. The van der Waals surface area contributed by atoms with Crippen molar-refractivity contribution in [2.75, 3.05) is 32.7 Å². The standard InChI is InChI=1S/C15H28F3N3/c1-14(12-19,6-4-7-15(16,17)18)21-10-9-20-8-3-2-5-13(20)11-21/h13H,2-12,19H2,1H3. The molecule has 6 heteroatoms. The van der Waals surface area contributed by atoms with E-state index in [0.717, 1.165) is 19.6 Å². The zero-order chi connectivity index (χ0) is 15.5.